The smallest absolute Gasteiger partial charge is 0.137 e. The molecule has 0 saturated heterocycles. The van der Waals surface area contributed by atoms with Gasteiger partial charge in [-0.3, -0.25) is 4.99 Å². The van der Waals surface area contributed by atoms with Crippen LogP contribution in [0.5, 0.6) is 0 Å². The molecule has 0 aromatic rings. The van der Waals surface area contributed by atoms with Crippen LogP contribution >= 0.6 is 0 Å². The van der Waals surface area contributed by atoms with Crippen molar-refractivity contribution in [3.8, 4) is 0 Å². The molecule has 1 nitrogen and oxygen atoms in total. The Labute approximate surface area is 66.3 Å². The van der Waals surface area contributed by atoms with Gasteiger partial charge in [-0.05, 0) is 13.0 Å². The second kappa shape index (κ2) is 2.99. The fourth-order valence-corrected chi connectivity index (χ4v) is 1.21. The highest BCUT2D eigenvalue weighted by Crippen LogP contribution is 2.25. The largest absolute Gasteiger partial charge is 0.289 e. The van der Waals surface area contributed by atoms with Crippen LogP contribution < -0.4 is 0 Å². The number of hydrogen-bond acceptors (Lipinski definition) is 1. The topological polar surface area (TPSA) is 12.4 Å². The molecule has 60 valence electrons. The van der Waals surface area contributed by atoms with Crippen molar-refractivity contribution in [2.75, 3.05) is 6.54 Å². The van der Waals surface area contributed by atoms with Gasteiger partial charge in [-0.15, -0.1) is 0 Å². The Kier molecular flexibility index (Phi) is 2.22. The van der Waals surface area contributed by atoms with Crippen LogP contribution in [0.4, 0.5) is 4.39 Å². The molecule has 0 radical (unpaired) electrons. The van der Waals surface area contributed by atoms with Crippen molar-refractivity contribution in [3.05, 3.63) is 24.1 Å². The van der Waals surface area contributed by atoms with Crippen LogP contribution in [0.25, 0.3) is 0 Å². The van der Waals surface area contributed by atoms with E-state index in [1.165, 1.54) is 6.21 Å². The lowest BCUT2D eigenvalue weighted by molar-refractivity contribution is 0.531. The van der Waals surface area contributed by atoms with Gasteiger partial charge < -0.3 is 0 Å². The van der Waals surface area contributed by atoms with Crippen LogP contribution in [-0.4, -0.2) is 12.8 Å². The highest BCUT2D eigenvalue weighted by Gasteiger charge is 2.20. The van der Waals surface area contributed by atoms with Crippen LogP contribution in [0.15, 0.2) is 29.0 Å². The first-order chi connectivity index (χ1) is 5.16. The fraction of sp³-hybridized carbons (Fsp3) is 0.444. The molecule has 1 rings (SSSR count). The highest BCUT2D eigenvalue weighted by molar-refractivity contribution is 5.77. The molecule has 0 N–H and O–H groups in total. The van der Waals surface area contributed by atoms with Crippen LogP contribution in [0.1, 0.15) is 13.8 Å². The molecule has 0 spiro atoms. The number of halogens is 1. The lowest BCUT2D eigenvalue weighted by Gasteiger charge is -2.21. The number of dihydropyridines is 1. The van der Waals surface area contributed by atoms with Crippen molar-refractivity contribution in [2.45, 2.75) is 13.8 Å². The van der Waals surface area contributed by atoms with E-state index in [9.17, 15) is 4.39 Å². The lowest BCUT2D eigenvalue weighted by Crippen LogP contribution is -2.17. The minimum atomic E-state index is -0.239. The van der Waals surface area contributed by atoms with Gasteiger partial charge >= 0.3 is 0 Å². The molecule has 11 heavy (non-hydrogen) atoms. The van der Waals surface area contributed by atoms with E-state index < -0.39 is 0 Å². The summed E-state index contributed by atoms with van der Waals surface area (Å²) in [5.74, 6) is -0.239. The zero-order chi connectivity index (χ0) is 8.32. The molecule has 0 amide bonds. The zero-order valence-corrected chi connectivity index (χ0v) is 6.84. The molecule has 0 aliphatic carbocycles. The minimum Gasteiger partial charge on any atom is -0.289 e. The van der Waals surface area contributed by atoms with Gasteiger partial charge in [0.25, 0.3) is 0 Å². The number of hydrogen-bond donors (Lipinski definition) is 0. The number of nitrogens with zero attached hydrogens (tertiary/aromatic N) is 1. The van der Waals surface area contributed by atoms with E-state index in [-0.39, 0.29) is 11.2 Å². The highest BCUT2D eigenvalue weighted by atomic mass is 19.1. The maximum Gasteiger partial charge on any atom is 0.137 e. The van der Waals surface area contributed by atoms with Gasteiger partial charge in [0.05, 0.1) is 12.8 Å². The predicted octanol–water partition coefficient (Wildman–Crippen LogP) is 2.51. The summed E-state index contributed by atoms with van der Waals surface area (Å²) in [5.41, 5.74) is -0.215. The summed E-state index contributed by atoms with van der Waals surface area (Å²) >= 11 is 0. The van der Waals surface area contributed by atoms with E-state index in [0.29, 0.717) is 6.54 Å². The van der Waals surface area contributed by atoms with Crippen LogP contribution in [0.2, 0.25) is 0 Å². The molecular weight excluding hydrogens is 141 g/mol. The van der Waals surface area contributed by atoms with Crippen molar-refractivity contribution >= 4 is 6.21 Å². The van der Waals surface area contributed by atoms with E-state index in [0.717, 1.165) is 0 Å². The first-order valence-corrected chi connectivity index (χ1v) is 3.68. The molecule has 1 atom stereocenters. The van der Waals surface area contributed by atoms with Crippen molar-refractivity contribution in [1.82, 2.24) is 0 Å². The second-order valence-electron chi connectivity index (χ2n) is 3.00. The summed E-state index contributed by atoms with van der Waals surface area (Å²) in [5, 5.41) is 0. The maximum absolute atomic E-state index is 12.7. The van der Waals surface area contributed by atoms with Gasteiger partial charge in [0, 0.05) is 5.41 Å². The van der Waals surface area contributed by atoms with E-state index in [2.05, 4.69) is 4.99 Å². The third-order valence-electron chi connectivity index (χ3n) is 1.66. The molecule has 1 heterocycles. The quantitative estimate of drug-likeness (QED) is 0.513. The molecule has 0 fully saturated rings. The Hall–Kier alpha value is -0.920. The van der Waals surface area contributed by atoms with E-state index in [1.54, 1.807) is 6.08 Å². The Morgan fingerprint density at radius 2 is 2.45 bits per heavy atom. The molecule has 1 aliphatic heterocycles. The first kappa shape index (κ1) is 8.18. The third-order valence-corrected chi connectivity index (χ3v) is 1.66. The van der Waals surface area contributed by atoms with Crippen LogP contribution in [0, 0.1) is 5.41 Å². The number of rotatable bonds is 1. The van der Waals surface area contributed by atoms with Crippen LogP contribution in [-0.2, 0) is 0 Å². The molecular formula is C9H12FN. The second-order valence-corrected chi connectivity index (χ2v) is 3.00. The summed E-state index contributed by atoms with van der Waals surface area (Å²) in [6.07, 6.45) is 6.75. The Morgan fingerprint density at radius 1 is 1.73 bits per heavy atom. The molecule has 0 aromatic heterocycles. The average Bonchev–Trinajstić information content (AvgIpc) is 1.86. The van der Waals surface area contributed by atoms with Crippen molar-refractivity contribution in [1.29, 1.82) is 0 Å². The standard InChI is InChI=1S/C9H12FN/c1-3-4-9(2)5-8(10)6-11-7-9/h3-6H,7H2,1-2H3. The van der Waals surface area contributed by atoms with Crippen LogP contribution in [0.3, 0.4) is 0 Å². The normalized spacial score (nSPS) is 31.0. The number of allylic oxidation sites excluding steroid dienone is 2. The van der Waals surface area contributed by atoms with Gasteiger partial charge in [0.15, 0.2) is 0 Å². The minimum absolute atomic E-state index is 0.215. The Balaban J connectivity index is 2.82. The molecule has 1 aliphatic rings. The van der Waals surface area contributed by atoms with Gasteiger partial charge in [-0.2, -0.15) is 0 Å². The fourth-order valence-electron chi connectivity index (χ4n) is 1.21. The van der Waals surface area contributed by atoms with Gasteiger partial charge in [-0.25, -0.2) is 4.39 Å². The number of aliphatic imine (C=N–C) groups is 1. The SMILES string of the molecule is CC=CC1(C)C=C(F)C=NC1. The Morgan fingerprint density at radius 3 is 3.00 bits per heavy atom. The summed E-state index contributed by atoms with van der Waals surface area (Å²) < 4.78 is 12.7. The van der Waals surface area contributed by atoms with Crippen molar-refractivity contribution < 1.29 is 4.39 Å². The van der Waals surface area contributed by atoms with E-state index in [1.807, 2.05) is 26.0 Å². The van der Waals surface area contributed by atoms with Crippen molar-refractivity contribution in [2.24, 2.45) is 10.4 Å². The summed E-state index contributed by atoms with van der Waals surface area (Å²) in [6.45, 7) is 4.53. The lowest BCUT2D eigenvalue weighted by atomic mass is 9.88. The van der Waals surface area contributed by atoms with Gasteiger partial charge in [0.2, 0.25) is 0 Å². The van der Waals surface area contributed by atoms with Gasteiger partial charge in [-0.1, -0.05) is 19.1 Å². The summed E-state index contributed by atoms with van der Waals surface area (Å²) in [4.78, 5) is 3.91. The maximum atomic E-state index is 12.7. The average molecular weight is 153 g/mol. The summed E-state index contributed by atoms with van der Waals surface area (Å²) in [6, 6.07) is 0. The molecule has 0 aromatic carbocycles. The molecule has 1 unspecified atom stereocenters. The Bertz CT molecular complexity index is 228. The molecule has 0 saturated carbocycles. The monoisotopic (exact) mass is 153 g/mol. The van der Waals surface area contributed by atoms with E-state index >= 15 is 0 Å². The first-order valence-electron chi connectivity index (χ1n) is 3.68. The zero-order valence-electron chi connectivity index (χ0n) is 6.84. The van der Waals surface area contributed by atoms with Crippen molar-refractivity contribution in [3.63, 3.8) is 0 Å². The van der Waals surface area contributed by atoms with E-state index in [4.69, 9.17) is 0 Å². The predicted molar refractivity (Wildman–Crippen MR) is 45.5 cm³/mol. The molecule has 2 heteroatoms. The van der Waals surface area contributed by atoms with Gasteiger partial charge in [0.1, 0.15) is 5.83 Å². The molecule has 0 bridgehead atoms. The summed E-state index contributed by atoms with van der Waals surface area (Å²) in [7, 11) is 0. The third kappa shape index (κ3) is 2.00.